The fraction of sp³-hybridized carbons (Fsp3) is 0.435. The third kappa shape index (κ3) is 5.92. The van der Waals surface area contributed by atoms with Gasteiger partial charge in [0.1, 0.15) is 12.3 Å². The zero-order valence-corrected chi connectivity index (χ0v) is 19.5. The van der Waals surface area contributed by atoms with E-state index in [9.17, 15) is 13.2 Å². The molecule has 0 saturated heterocycles. The van der Waals surface area contributed by atoms with Crippen molar-refractivity contribution in [3.8, 4) is 5.75 Å². The minimum atomic E-state index is -4.03. The van der Waals surface area contributed by atoms with E-state index in [1.165, 1.54) is 38.2 Å². The van der Waals surface area contributed by atoms with Gasteiger partial charge in [-0.15, -0.1) is 0 Å². The largest absolute Gasteiger partial charge is 0.495 e. The predicted octanol–water partition coefficient (Wildman–Crippen LogP) is 4.69. The maximum absolute atomic E-state index is 13.6. The highest BCUT2D eigenvalue weighted by Gasteiger charge is 2.30. The van der Waals surface area contributed by atoms with Crippen LogP contribution in [0.5, 0.6) is 5.75 Å². The van der Waals surface area contributed by atoms with Crippen LogP contribution in [0.3, 0.4) is 0 Å². The number of amides is 1. The van der Waals surface area contributed by atoms with E-state index in [1.54, 1.807) is 24.3 Å². The molecule has 0 bridgehead atoms. The van der Waals surface area contributed by atoms with Crippen molar-refractivity contribution in [2.24, 2.45) is 0 Å². The van der Waals surface area contributed by atoms with Gasteiger partial charge < -0.3 is 10.1 Å². The van der Waals surface area contributed by atoms with E-state index in [0.29, 0.717) is 10.8 Å². The maximum Gasteiger partial charge on any atom is 0.264 e. The summed E-state index contributed by atoms with van der Waals surface area (Å²) in [6, 6.07) is 11.3. The Kier molecular flexibility index (Phi) is 7.84. The van der Waals surface area contributed by atoms with Crippen LogP contribution in [0.4, 0.5) is 5.69 Å². The smallest absolute Gasteiger partial charge is 0.264 e. The molecule has 1 aliphatic rings. The number of ether oxygens (including phenoxy) is 1. The summed E-state index contributed by atoms with van der Waals surface area (Å²) < 4.78 is 33.6. The summed E-state index contributed by atoms with van der Waals surface area (Å²) in [6.45, 7) is 1.53. The van der Waals surface area contributed by atoms with E-state index in [1.807, 2.05) is 6.92 Å². The summed E-state index contributed by atoms with van der Waals surface area (Å²) in [4.78, 5) is 13.0. The van der Waals surface area contributed by atoms with Crippen molar-refractivity contribution < 1.29 is 17.9 Å². The number of sulfonamides is 1. The molecule has 0 spiro atoms. The average molecular weight is 465 g/mol. The third-order valence-corrected chi connectivity index (χ3v) is 7.54. The number of hydrogen-bond acceptors (Lipinski definition) is 4. The summed E-state index contributed by atoms with van der Waals surface area (Å²) in [7, 11) is -2.58. The fourth-order valence-corrected chi connectivity index (χ4v) is 5.41. The Morgan fingerprint density at radius 3 is 2.35 bits per heavy atom. The van der Waals surface area contributed by atoms with Crippen molar-refractivity contribution in [1.82, 2.24) is 5.32 Å². The van der Waals surface area contributed by atoms with Crippen molar-refractivity contribution in [2.45, 2.75) is 56.4 Å². The Hall–Kier alpha value is -2.25. The number of nitrogens with one attached hydrogen (secondary N) is 1. The summed E-state index contributed by atoms with van der Waals surface area (Å²) in [5, 5.41) is 3.38. The second kappa shape index (κ2) is 10.4. The van der Waals surface area contributed by atoms with Gasteiger partial charge in [-0.05, 0) is 50.1 Å². The number of halogens is 1. The van der Waals surface area contributed by atoms with Gasteiger partial charge in [-0.1, -0.05) is 55.0 Å². The SMILES string of the molecule is COc1ccc(Cl)cc1N(CC(=O)NC1CCCCCC1)S(=O)(=O)c1ccc(C)cc1. The van der Waals surface area contributed by atoms with Gasteiger partial charge in [0.15, 0.2) is 0 Å². The first-order valence-corrected chi connectivity index (χ1v) is 12.4. The van der Waals surface area contributed by atoms with E-state index in [-0.39, 0.29) is 29.1 Å². The minimum Gasteiger partial charge on any atom is -0.495 e. The first-order valence-electron chi connectivity index (χ1n) is 10.5. The lowest BCUT2D eigenvalue weighted by molar-refractivity contribution is -0.120. The molecule has 6 nitrogen and oxygen atoms in total. The van der Waals surface area contributed by atoms with Gasteiger partial charge in [0.25, 0.3) is 10.0 Å². The number of anilines is 1. The number of hydrogen-bond donors (Lipinski definition) is 1. The van der Waals surface area contributed by atoms with Crippen LogP contribution in [-0.2, 0) is 14.8 Å². The molecule has 2 aromatic rings. The monoisotopic (exact) mass is 464 g/mol. The van der Waals surface area contributed by atoms with E-state index < -0.39 is 10.0 Å². The number of nitrogens with zero attached hydrogens (tertiary/aromatic N) is 1. The van der Waals surface area contributed by atoms with Crippen LogP contribution in [0.25, 0.3) is 0 Å². The summed E-state index contributed by atoms with van der Waals surface area (Å²) in [6.07, 6.45) is 6.30. The van der Waals surface area contributed by atoms with E-state index >= 15 is 0 Å². The van der Waals surface area contributed by atoms with E-state index in [2.05, 4.69) is 5.32 Å². The van der Waals surface area contributed by atoms with Crippen LogP contribution in [0.15, 0.2) is 47.4 Å². The molecule has 0 aromatic heterocycles. The number of aryl methyl sites for hydroxylation is 1. The normalized spacial score (nSPS) is 15.2. The summed E-state index contributed by atoms with van der Waals surface area (Å²) in [5.74, 6) is -0.0213. The molecule has 8 heteroatoms. The second-order valence-electron chi connectivity index (χ2n) is 7.90. The molecular weight excluding hydrogens is 436 g/mol. The first kappa shape index (κ1) is 23.4. The number of carbonyl (C=O) groups excluding carboxylic acids is 1. The molecule has 0 radical (unpaired) electrons. The van der Waals surface area contributed by atoms with Crippen LogP contribution in [0.2, 0.25) is 5.02 Å². The average Bonchev–Trinajstić information content (AvgIpc) is 3.01. The Morgan fingerprint density at radius 1 is 1.10 bits per heavy atom. The summed E-state index contributed by atoms with van der Waals surface area (Å²) >= 11 is 6.17. The fourth-order valence-electron chi connectivity index (χ4n) is 3.82. The third-order valence-electron chi connectivity index (χ3n) is 5.53. The van der Waals surface area contributed by atoms with Gasteiger partial charge in [0, 0.05) is 11.1 Å². The maximum atomic E-state index is 13.6. The van der Waals surface area contributed by atoms with Crippen molar-refractivity contribution in [3.63, 3.8) is 0 Å². The molecule has 3 rings (SSSR count). The van der Waals surface area contributed by atoms with Gasteiger partial charge in [-0.25, -0.2) is 8.42 Å². The highest BCUT2D eigenvalue weighted by atomic mass is 35.5. The standard InChI is InChI=1S/C23H29ClN2O4S/c1-17-9-12-20(13-10-17)31(28,29)26(21-15-18(24)11-14-22(21)30-2)16-23(27)25-19-7-5-3-4-6-8-19/h9-15,19H,3-8,16H2,1-2H3,(H,25,27). The highest BCUT2D eigenvalue weighted by Crippen LogP contribution is 2.34. The molecule has 1 saturated carbocycles. The van der Waals surface area contributed by atoms with Crippen LogP contribution >= 0.6 is 11.6 Å². The van der Waals surface area contributed by atoms with Crippen molar-refractivity contribution in [3.05, 3.63) is 53.1 Å². The van der Waals surface area contributed by atoms with Crippen LogP contribution < -0.4 is 14.4 Å². The molecule has 1 fully saturated rings. The number of methoxy groups -OCH3 is 1. The Balaban J connectivity index is 1.95. The molecule has 0 heterocycles. The molecule has 0 atom stereocenters. The van der Waals surface area contributed by atoms with Gasteiger partial charge in [-0.3, -0.25) is 9.10 Å². The Morgan fingerprint density at radius 2 is 1.74 bits per heavy atom. The van der Waals surface area contributed by atoms with Crippen LogP contribution in [-0.4, -0.2) is 34.0 Å². The number of benzene rings is 2. The molecule has 2 aromatic carbocycles. The van der Waals surface area contributed by atoms with Crippen molar-refractivity contribution >= 4 is 33.2 Å². The predicted molar refractivity (Wildman–Crippen MR) is 123 cm³/mol. The van der Waals surface area contributed by atoms with E-state index in [4.69, 9.17) is 16.3 Å². The second-order valence-corrected chi connectivity index (χ2v) is 10.2. The van der Waals surface area contributed by atoms with Gasteiger partial charge in [-0.2, -0.15) is 0 Å². The Labute approximate surface area is 189 Å². The molecule has 0 aliphatic heterocycles. The lowest BCUT2D eigenvalue weighted by atomic mass is 10.1. The number of carbonyl (C=O) groups is 1. The molecule has 31 heavy (non-hydrogen) atoms. The van der Waals surface area contributed by atoms with Crippen LogP contribution in [0.1, 0.15) is 44.1 Å². The van der Waals surface area contributed by atoms with Gasteiger partial charge in [0.2, 0.25) is 5.91 Å². The van der Waals surface area contributed by atoms with Crippen molar-refractivity contribution in [2.75, 3.05) is 18.0 Å². The van der Waals surface area contributed by atoms with E-state index in [0.717, 1.165) is 35.6 Å². The number of rotatable bonds is 7. The molecular formula is C23H29ClN2O4S. The zero-order valence-electron chi connectivity index (χ0n) is 17.9. The lowest BCUT2D eigenvalue weighted by Gasteiger charge is -2.27. The molecule has 0 unspecified atom stereocenters. The Bertz CT molecular complexity index is 1000. The van der Waals surface area contributed by atoms with Gasteiger partial charge in [0.05, 0.1) is 17.7 Å². The highest BCUT2D eigenvalue weighted by molar-refractivity contribution is 7.92. The quantitative estimate of drug-likeness (QED) is 0.603. The first-order chi connectivity index (χ1) is 14.8. The minimum absolute atomic E-state index is 0.0696. The summed E-state index contributed by atoms with van der Waals surface area (Å²) in [5.41, 5.74) is 1.17. The van der Waals surface area contributed by atoms with Crippen molar-refractivity contribution in [1.29, 1.82) is 0 Å². The molecule has 1 aliphatic carbocycles. The topological polar surface area (TPSA) is 75.7 Å². The molecule has 1 N–H and O–H groups in total. The van der Waals surface area contributed by atoms with Gasteiger partial charge >= 0.3 is 0 Å². The lowest BCUT2D eigenvalue weighted by Crippen LogP contribution is -2.44. The molecule has 168 valence electrons. The molecule has 1 amide bonds. The zero-order chi connectivity index (χ0) is 22.4. The van der Waals surface area contributed by atoms with Crippen LogP contribution in [0, 0.1) is 6.92 Å².